The molecule has 0 N–H and O–H groups in total. The van der Waals surface area contributed by atoms with Gasteiger partial charge in [0.05, 0.1) is 23.8 Å². The van der Waals surface area contributed by atoms with Crippen molar-refractivity contribution >= 4 is 5.90 Å². The van der Waals surface area contributed by atoms with E-state index in [1.54, 1.807) is 12.1 Å². The summed E-state index contributed by atoms with van der Waals surface area (Å²) in [4.78, 5) is 4.54. The van der Waals surface area contributed by atoms with Crippen LogP contribution >= 0.6 is 0 Å². The van der Waals surface area contributed by atoms with Gasteiger partial charge in [0.1, 0.15) is 0 Å². The molecule has 0 amide bonds. The van der Waals surface area contributed by atoms with Crippen LogP contribution < -0.4 is 0 Å². The molecule has 3 nitrogen and oxygen atoms in total. The van der Waals surface area contributed by atoms with Crippen LogP contribution in [0, 0.1) is 11.3 Å². The normalized spacial score (nSPS) is 12.1. The van der Waals surface area contributed by atoms with E-state index < -0.39 is 0 Å². The number of aliphatic imine (C=N–C) groups is 1. The molecule has 0 fully saturated rings. The summed E-state index contributed by atoms with van der Waals surface area (Å²) in [5.41, 5.74) is 1.36. The van der Waals surface area contributed by atoms with E-state index in [-0.39, 0.29) is 5.54 Å². The summed E-state index contributed by atoms with van der Waals surface area (Å²) in [6.45, 7) is 8.58. The Morgan fingerprint density at radius 2 is 1.88 bits per heavy atom. The molecule has 0 bridgehead atoms. The van der Waals surface area contributed by atoms with E-state index >= 15 is 0 Å². The Morgan fingerprint density at radius 1 is 1.29 bits per heavy atom. The molecular formula is C14H18N2O. The third-order valence-corrected chi connectivity index (χ3v) is 1.98. The van der Waals surface area contributed by atoms with Crippen molar-refractivity contribution in [2.45, 2.75) is 33.2 Å². The fourth-order valence-electron chi connectivity index (χ4n) is 1.31. The zero-order valence-corrected chi connectivity index (χ0v) is 10.8. The second-order valence-electron chi connectivity index (χ2n) is 4.71. The number of hydrogen-bond acceptors (Lipinski definition) is 3. The van der Waals surface area contributed by atoms with Crippen molar-refractivity contribution < 1.29 is 4.74 Å². The van der Waals surface area contributed by atoms with E-state index in [9.17, 15) is 0 Å². The Balaban J connectivity index is 3.06. The van der Waals surface area contributed by atoms with E-state index in [1.807, 2.05) is 39.8 Å². The second kappa shape index (κ2) is 5.49. The number of nitriles is 1. The van der Waals surface area contributed by atoms with Gasteiger partial charge in [-0.05, 0) is 52.0 Å². The minimum Gasteiger partial charge on any atom is -0.478 e. The maximum atomic E-state index is 8.75. The molecule has 3 heteroatoms. The lowest BCUT2D eigenvalue weighted by molar-refractivity contribution is 0.321. The highest BCUT2D eigenvalue weighted by Crippen LogP contribution is 2.12. The number of nitrogens with zero attached hydrogens (tertiary/aromatic N) is 2. The van der Waals surface area contributed by atoms with Gasteiger partial charge in [0, 0.05) is 5.56 Å². The molecule has 17 heavy (non-hydrogen) atoms. The Kier molecular flexibility index (Phi) is 4.28. The molecule has 0 aliphatic heterocycles. The first kappa shape index (κ1) is 13.2. The molecule has 0 unspecified atom stereocenters. The van der Waals surface area contributed by atoms with Gasteiger partial charge in [0.25, 0.3) is 0 Å². The molecule has 1 rings (SSSR count). The molecule has 0 radical (unpaired) electrons. The average Bonchev–Trinajstić information content (AvgIpc) is 2.27. The molecule has 0 aliphatic carbocycles. The highest BCUT2D eigenvalue weighted by Gasteiger charge is 2.12. The van der Waals surface area contributed by atoms with Gasteiger partial charge in [-0.3, -0.25) is 0 Å². The van der Waals surface area contributed by atoms with E-state index in [4.69, 9.17) is 10.00 Å². The maximum Gasteiger partial charge on any atom is 0.216 e. The number of ether oxygens (including phenoxy) is 1. The first-order chi connectivity index (χ1) is 7.96. The monoisotopic (exact) mass is 230 g/mol. The zero-order valence-electron chi connectivity index (χ0n) is 10.8. The van der Waals surface area contributed by atoms with Crippen molar-refractivity contribution in [3.63, 3.8) is 0 Å². The lowest BCUT2D eigenvalue weighted by Gasteiger charge is -2.16. The Labute approximate surface area is 103 Å². The van der Waals surface area contributed by atoms with E-state index in [1.165, 1.54) is 0 Å². The van der Waals surface area contributed by atoms with E-state index in [0.29, 0.717) is 18.1 Å². The molecule has 0 saturated heterocycles. The smallest absolute Gasteiger partial charge is 0.216 e. The van der Waals surface area contributed by atoms with Gasteiger partial charge in [-0.2, -0.15) is 5.26 Å². The SMILES string of the molecule is CCOC(=NC(C)(C)C)c1ccc(C#N)cc1. The number of rotatable bonds is 2. The van der Waals surface area contributed by atoms with Gasteiger partial charge < -0.3 is 4.74 Å². The lowest BCUT2D eigenvalue weighted by atomic mass is 10.1. The molecule has 0 saturated carbocycles. The summed E-state index contributed by atoms with van der Waals surface area (Å²) in [7, 11) is 0. The molecule has 0 atom stereocenters. The van der Waals surface area contributed by atoms with Crippen molar-refractivity contribution in [3.8, 4) is 6.07 Å². The molecule has 0 aliphatic rings. The first-order valence-electron chi connectivity index (χ1n) is 5.69. The minimum atomic E-state index is -0.182. The fraction of sp³-hybridized carbons (Fsp3) is 0.429. The minimum absolute atomic E-state index is 0.182. The maximum absolute atomic E-state index is 8.75. The summed E-state index contributed by atoms with van der Waals surface area (Å²) in [5.74, 6) is 0.629. The summed E-state index contributed by atoms with van der Waals surface area (Å²) >= 11 is 0. The Bertz CT molecular complexity index is 433. The molecule has 1 aromatic carbocycles. The van der Waals surface area contributed by atoms with Crippen molar-refractivity contribution in [2.75, 3.05) is 6.61 Å². The molecule has 0 aromatic heterocycles. The largest absolute Gasteiger partial charge is 0.478 e. The molecule has 0 spiro atoms. The quantitative estimate of drug-likeness (QED) is 0.578. The van der Waals surface area contributed by atoms with Gasteiger partial charge in [-0.1, -0.05) is 0 Å². The van der Waals surface area contributed by atoms with Crippen LogP contribution in [0.15, 0.2) is 29.3 Å². The standard InChI is InChI=1S/C14H18N2O/c1-5-17-13(16-14(2,3)4)12-8-6-11(10-15)7-9-12/h6-9H,5H2,1-4H3. The molecule has 1 aromatic rings. The van der Waals surface area contributed by atoms with Crippen LogP contribution in [0.1, 0.15) is 38.8 Å². The molecular weight excluding hydrogens is 212 g/mol. The van der Waals surface area contributed by atoms with E-state index in [0.717, 1.165) is 5.56 Å². The zero-order chi connectivity index (χ0) is 12.9. The Hall–Kier alpha value is -1.82. The summed E-state index contributed by atoms with van der Waals surface area (Å²) in [6, 6.07) is 9.35. The van der Waals surface area contributed by atoms with Crippen molar-refractivity contribution in [1.29, 1.82) is 5.26 Å². The average molecular weight is 230 g/mol. The van der Waals surface area contributed by atoms with Gasteiger partial charge >= 0.3 is 0 Å². The first-order valence-corrected chi connectivity index (χ1v) is 5.69. The van der Waals surface area contributed by atoms with Gasteiger partial charge in [-0.15, -0.1) is 0 Å². The van der Waals surface area contributed by atoms with E-state index in [2.05, 4.69) is 11.1 Å². The predicted octanol–water partition coefficient (Wildman–Crippen LogP) is 3.14. The van der Waals surface area contributed by atoms with Crippen molar-refractivity contribution in [3.05, 3.63) is 35.4 Å². The Morgan fingerprint density at radius 3 is 2.29 bits per heavy atom. The van der Waals surface area contributed by atoms with Crippen molar-refractivity contribution in [2.24, 2.45) is 4.99 Å². The summed E-state index contributed by atoms with van der Waals surface area (Å²) < 4.78 is 5.54. The number of benzene rings is 1. The summed E-state index contributed by atoms with van der Waals surface area (Å²) in [5, 5.41) is 8.75. The van der Waals surface area contributed by atoms with Crippen LogP contribution in [-0.4, -0.2) is 18.0 Å². The predicted molar refractivity (Wildman–Crippen MR) is 69.1 cm³/mol. The van der Waals surface area contributed by atoms with Gasteiger partial charge in [-0.25, -0.2) is 4.99 Å². The molecule has 90 valence electrons. The third-order valence-electron chi connectivity index (χ3n) is 1.98. The van der Waals surface area contributed by atoms with Crippen LogP contribution in [0.25, 0.3) is 0 Å². The molecule has 0 heterocycles. The second-order valence-corrected chi connectivity index (χ2v) is 4.71. The number of hydrogen-bond donors (Lipinski definition) is 0. The van der Waals surface area contributed by atoms with Gasteiger partial charge in [0.15, 0.2) is 0 Å². The fourth-order valence-corrected chi connectivity index (χ4v) is 1.31. The highest BCUT2D eigenvalue weighted by molar-refractivity contribution is 5.94. The van der Waals surface area contributed by atoms with Crippen molar-refractivity contribution in [1.82, 2.24) is 0 Å². The van der Waals surface area contributed by atoms with Crippen LogP contribution in [0.2, 0.25) is 0 Å². The highest BCUT2D eigenvalue weighted by atomic mass is 16.5. The summed E-state index contributed by atoms with van der Waals surface area (Å²) in [6.07, 6.45) is 0. The van der Waals surface area contributed by atoms with Crippen LogP contribution in [0.5, 0.6) is 0 Å². The van der Waals surface area contributed by atoms with Crippen LogP contribution in [0.4, 0.5) is 0 Å². The topological polar surface area (TPSA) is 45.4 Å². The van der Waals surface area contributed by atoms with Crippen LogP contribution in [0.3, 0.4) is 0 Å². The van der Waals surface area contributed by atoms with Crippen LogP contribution in [-0.2, 0) is 4.74 Å². The van der Waals surface area contributed by atoms with Gasteiger partial charge in [0.2, 0.25) is 5.90 Å². The lowest BCUT2D eigenvalue weighted by Crippen LogP contribution is -2.17. The third kappa shape index (κ3) is 4.28.